The summed E-state index contributed by atoms with van der Waals surface area (Å²) in [5, 5.41) is 6.08. The number of amides is 1. The van der Waals surface area contributed by atoms with E-state index in [9.17, 15) is 4.79 Å². The normalized spacial score (nSPS) is 19.6. The number of anilines is 2. The largest absolute Gasteiger partial charge is 0.372 e. The van der Waals surface area contributed by atoms with Crippen LogP contribution in [0, 0.1) is 13.8 Å². The van der Waals surface area contributed by atoms with E-state index in [1.54, 1.807) is 0 Å². The summed E-state index contributed by atoms with van der Waals surface area (Å²) in [6.07, 6.45) is 0. The molecule has 1 aromatic carbocycles. The van der Waals surface area contributed by atoms with Crippen LogP contribution in [0.25, 0.3) is 0 Å². The summed E-state index contributed by atoms with van der Waals surface area (Å²) >= 11 is 0. The van der Waals surface area contributed by atoms with Gasteiger partial charge in [0.15, 0.2) is 0 Å². The summed E-state index contributed by atoms with van der Waals surface area (Å²) in [5.74, 6) is 0.0335. The molecule has 0 saturated heterocycles. The number of carbonyl (C=O) groups excluding carboxylic acids is 1. The van der Waals surface area contributed by atoms with E-state index >= 15 is 0 Å². The molecule has 1 amide bonds. The summed E-state index contributed by atoms with van der Waals surface area (Å²) in [4.78, 5) is 11.4. The van der Waals surface area contributed by atoms with Crippen LogP contribution in [0.3, 0.4) is 0 Å². The van der Waals surface area contributed by atoms with E-state index in [2.05, 4.69) is 16.7 Å². The smallest absolute Gasteiger partial charge is 0.246 e. The zero-order valence-corrected chi connectivity index (χ0v) is 8.64. The third kappa shape index (κ3) is 1.25. The predicted molar refractivity (Wildman–Crippen MR) is 57.6 cm³/mol. The van der Waals surface area contributed by atoms with E-state index < -0.39 is 0 Å². The molecule has 0 aliphatic carbocycles. The van der Waals surface area contributed by atoms with E-state index in [1.165, 1.54) is 5.56 Å². The molecule has 1 aliphatic heterocycles. The lowest BCUT2D eigenvalue weighted by atomic mass is 10.0. The van der Waals surface area contributed by atoms with Gasteiger partial charge in [0.05, 0.1) is 11.4 Å². The number of benzene rings is 1. The molecule has 0 saturated carbocycles. The van der Waals surface area contributed by atoms with Crippen molar-refractivity contribution in [3.8, 4) is 0 Å². The van der Waals surface area contributed by atoms with Gasteiger partial charge in [-0.2, -0.15) is 0 Å². The van der Waals surface area contributed by atoms with Crippen LogP contribution in [-0.2, 0) is 4.79 Å². The van der Waals surface area contributed by atoms with Gasteiger partial charge in [0.2, 0.25) is 5.91 Å². The molecule has 14 heavy (non-hydrogen) atoms. The van der Waals surface area contributed by atoms with Crippen LogP contribution in [0.2, 0.25) is 0 Å². The Morgan fingerprint density at radius 2 is 2.00 bits per heavy atom. The standard InChI is InChI=1S/C11H14N2O/c1-6-4-5-9-10(7(6)2)13-11(14)8(3)12-9/h4-5,8,12H,1-3H3,(H,13,14). The van der Waals surface area contributed by atoms with Crippen molar-refractivity contribution >= 4 is 17.3 Å². The number of hydrogen-bond acceptors (Lipinski definition) is 2. The average Bonchev–Trinajstić information content (AvgIpc) is 2.15. The maximum absolute atomic E-state index is 11.4. The van der Waals surface area contributed by atoms with E-state index in [-0.39, 0.29) is 11.9 Å². The molecule has 2 rings (SSSR count). The SMILES string of the molecule is Cc1ccc2c(c1C)NC(=O)C(C)N2. The van der Waals surface area contributed by atoms with Gasteiger partial charge in [-0.1, -0.05) is 6.07 Å². The molecule has 1 atom stereocenters. The molecule has 3 heteroatoms. The minimum atomic E-state index is -0.149. The molecular weight excluding hydrogens is 176 g/mol. The average molecular weight is 190 g/mol. The van der Waals surface area contributed by atoms with Crippen LogP contribution in [0.4, 0.5) is 11.4 Å². The second-order valence-electron chi connectivity index (χ2n) is 3.79. The number of hydrogen-bond donors (Lipinski definition) is 2. The molecule has 1 heterocycles. The van der Waals surface area contributed by atoms with E-state index in [0.717, 1.165) is 16.9 Å². The summed E-state index contributed by atoms with van der Waals surface area (Å²) in [6, 6.07) is 3.92. The van der Waals surface area contributed by atoms with E-state index in [4.69, 9.17) is 0 Å². The third-order valence-corrected chi connectivity index (χ3v) is 2.75. The molecule has 0 aromatic heterocycles. The number of carbonyl (C=O) groups is 1. The molecule has 0 bridgehead atoms. The minimum absolute atomic E-state index is 0.0335. The first-order chi connectivity index (χ1) is 6.59. The van der Waals surface area contributed by atoms with Gasteiger partial charge >= 0.3 is 0 Å². The second kappa shape index (κ2) is 3.01. The molecule has 1 unspecified atom stereocenters. The van der Waals surface area contributed by atoms with Crippen molar-refractivity contribution in [2.24, 2.45) is 0 Å². The third-order valence-electron chi connectivity index (χ3n) is 2.75. The molecule has 0 fully saturated rings. The molecule has 1 aromatic rings. The van der Waals surface area contributed by atoms with Crippen LogP contribution in [-0.4, -0.2) is 11.9 Å². The number of rotatable bonds is 0. The lowest BCUT2D eigenvalue weighted by Gasteiger charge is -2.26. The lowest BCUT2D eigenvalue weighted by molar-refractivity contribution is -0.116. The van der Waals surface area contributed by atoms with Crippen LogP contribution in [0.5, 0.6) is 0 Å². The first-order valence-electron chi connectivity index (χ1n) is 4.77. The van der Waals surface area contributed by atoms with E-state index in [1.807, 2.05) is 26.8 Å². The molecule has 2 N–H and O–H groups in total. The number of aryl methyl sites for hydroxylation is 1. The second-order valence-corrected chi connectivity index (χ2v) is 3.79. The van der Waals surface area contributed by atoms with Gasteiger partial charge in [0.25, 0.3) is 0 Å². The Morgan fingerprint density at radius 1 is 1.29 bits per heavy atom. The van der Waals surface area contributed by atoms with Crippen LogP contribution in [0.1, 0.15) is 18.1 Å². The topological polar surface area (TPSA) is 41.1 Å². The molecular formula is C11H14N2O. The highest BCUT2D eigenvalue weighted by molar-refractivity contribution is 6.03. The van der Waals surface area contributed by atoms with Crippen LogP contribution >= 0.6 is 0 Å². The molecule has 3 nitrogen and oxygen atoms in total. The molecule has 74 valence electrons. The fourth-order valence-corrected chi connectivity index (χ4v) is 1.63. The summed E-state index contributed by atoms with van der Waals surface area (Å²) in [5.41, 5.74) is 4.27. The highest BCUT2D eigenvalue weighted by Crippen LogP contribution is 2.31. The summed E-state index contributed by atoms with van der Waals surface area (Å²) in [7, 11) is 0. The van der Waals surface area contributed by atoms with E-state index in [0.29, 0.717) is 0 Å². The Bertz CT molecular complexity index is 399. The van der Waals surface area contributed by atoms with Gasteiger partial charge in [-0.15, -0.1) is 0 Å². The first-order valence-corrected chi connectivity index (χ1v) is 4.77. The Balaban J connectivity index is 2.52. The van der Waals surface area contributed by atoms with Crippen molar-refractivity contribution < 1.29 is 4.79 Å². The molecule has 0 radical (unpaired) electrons. The Kier molecular flexibility index (Phi) is 1.95. The van der Waals surface area contributed by atoms with Crippen LogP contribution in [0.15, 0.2) is 12.1 Å². The predicted octanol–water partition coefficient (Wildman–Crippen LogP) is 2.06. The lowest BCUT2D eigenvalue weighted by Crippen LogP contribution is -2.36. The molecule has 1 aliphatic rings. The highest BCUT2D eigenvalue weighted by atomic mass is 16.2. The number of fused-ring (bicyclic) bond motifs is 1. The zero-order valence-electron chi connectivity index (χ0n) is 8.64. The highest BCUT2D eigenvalue weighted by Gasteiger charge is 2.22. The van der Waals surface area contributed by atoms with Gasteiger partial charge < -0.3 is 10.6 Å². The fourth-order valence-electron chi connectivity index (χ4n) is 1.63. The van der Waals surface area contributed by atoms with Gasteiger partial charge in [-0.25, -0.2) is 0 Å². The Labute approximate surface area is 83.5 Å². The van der Waals surface area contributed by atoms with Crippen molar-refractivity contribution in [2.75, 3.05) is 10.6 Å². The maximum Gasteiger partial charge on any atom is 0.246 e. The maximum atomic E-state index is 11.4. The Hall–Kier alpha value is -1.51. The van der Waals surface area contributed by atoms with Crippen molar-refractivity contribution in [2.45, 2.75) is 26.8 Å². The van der Waals surface area contributed by atoms with Gasteiger partial charge in [-0.05, 0) is 38.0 Å². The summed E-state index contributed by atoms with van der Waals surface area (Å²) in [6.45, 7) is 5.92. The van der Waals surface area contributed by atoms with Crippen molar-refractivity contribution in [3.05, 3.63) is 23.3 Å². The molecule has 0 spiro atoms. The van der Waals surface area contributed by atoms with Crippen molar-refractivity contribution in [3.63, 3.8) is 0 Å². The quantitative estimate of drug-likeness (QED) is 0.657. The fraction of sp³-hybridized carbons (Fsp3) is 0.364. The van der Waals surface area contributed by atoms with Crippen molar-refractivity contribution in [1.82, 2.24) is 0 Å². The van der Waals surface area contributed by atoms with Crippen LogP contribution < -0.4 is 10.6 Å². The zero-order chi connectivity index (χ0) is 10.3. The van der Waals surface area contributed by atoms with Gasteiger partial charge in [0.1, 0.15) is 6.04 Å². The van der Waals surface area contributed by atoms with Gasteiger partial charge in [0, 0.05) is 0 Å². The summed E-state index contributed by atoms with van der Waals surface area (Å²) < 4.78 is 0. The van der Waals surface area contributed by atoms with Gasteiger partial charge in [-0.3, -0.25) is 4.79 Å². The van der Waals surface area contributed by atoms with Crippen molar-refractivity contribution in [1.29, 1.82) is 0 Å². The monoisotopic (exact) mass is 190 g/mol. The number of nitrogens with one attached hydrogen (secondary N) is 2. The Morgan fingerprint density at radius 3 is 2.71 bits per heavy atom. The first kappa shape index (κ1) is 9.06. The minimum Gasteiger partial charge on any atom is -0.372 e.